The number of carbonyl (C=O) groups is 1. The fraction of sp³-hybridized carbons (Fsp3) is 0.333. The van der Waals surface area contributed by atoms with E-state index in [1.165, 1.54) is 0 Å². The SMILES string of the molecule is O=C(O)C1CCN(c2ccc3ncccc3c2)CC1. The minimum absolute atomic E-state index is 0.182. The average molecular weight is 256 g/mol. The molecular formula is C15H16N2O2. The van der Waals surface area contributed by atoms with E-state index in [1.807, 2.05) is 12.1 Å². The molecule has 1 fully saturated rings. The maximum Gasteiger partial charge on any atom is 0.306 e. The first-order chi connectivity index (χ1) is 9.24. The van der Waals surface area contributed by atoms with Crippen LogP contribution in [-0.2, 0) is 4.79 Å². The van der Waals surface area contributed by atoms with Crippen molar-refractivity contribution in [3.8, 4) is 0 Å². The maximum atomic E-state index is 10.9. The summed E-state index contributed by atoms with van der Waals surface area (Å²) in [6, 6.07) is 10.2. The molecule has 4 heteroatoms. The third-order valence-corrected chi connectivity index (χ3v) is 3.80. The van der Waals surface area contributed by atoms with Gasteiger partial charge in [0.15, 0.2) is 0 Å². The molecule has 0 atom stereocenters. The van der Waals surface area contributed by atoms with Gasteiger partial charge in [0.2, 0.25) is 0 Å². The van der Waals surface area contributed by atoms with Crippen molar-refractivity contribution in [3.05, 3.63) is 36.5 Å². The normalized spacial score (nSPS) is 16.7. The molecule has 0 aliphatic carbocycles. The van der Waals surface area contributed by atoms with Crippen molar-refractivity contribution in [3.63, 3.8) is 0 Å². The first-order valence-electron chi connectivity index (χ1n) is 6.56. The topological polar surface area (TPSA) is 53.4 Å². The molecule has 2 heterocycles. The van der Waals surface area contributed by atoms with Crippen molar-refractivity contribution < 1.29 is 9.90 Å². The number of hydrogen-bond acceptors (Lipinski definition) is 3. The number of rotatable bonds is 2. The summed E-state index contributed by atoms with van der Waals surface area (Å²) in [5.41, 5.74) is 2.15. The van der Waals surface area contributed by atoms with E-state index >= 15 is 0 Å². The van der Waals surface area contributed by atoms with Crippen molar-refractivity contribution in [2.24, 2.45) is 5.92 Å². The lowest BCUT2D eigenvalue weighted by molar-refractivity contribution is -0.142. The van der Waals surface area contributed by atoms with Crippen molar-refractivity contribution in [2.45, 2.75) is 12.8 Å². The fourth-order valence-corrected chi connectivity index (χ4v) is 2.64. The predicted molar refractivity (Wildman–Crippen MR) is 74.3 cm³/mol. The van der Waals surface area contributed by atoms with Crippen LogP contribution in [0.5, 0.6) is 0 Å². The molecule has 1 N–H and O–H groups in total. The zero-order chi connectivity index (χ0) is 13.2. The number of aromatic nitrogens is 1. The number of pyridine rings is 1. The Morgan fingerprint density at radius 3 is 2.79 bits per heavy atom. The van der Waals surface area contributed by atoms with E-state index < -0.39 is 5.97 Å². The molecule has 2 aromatic rings. The quantitative estimate of drug-likeness (QED) is 0.897. The molecule has 1 aliphatic heterocycles. The lowest BCUT2D eigenvalue weighted by atomic mass is 9.96. The van der Waals surface area contributed by atoms with E-state index in [-0.39, 0.29) is 5.92 Å². The highest BCUT2D eigenvalue weighted by Crippen LogP contribution is 2.26. The van der Waals surface area contributed by atoms with Gasteiger partial charge in [-0.05, 0) is 37.1 Å². The lowest BCUT2D eigenvalue weighted by Crippen LogP contribution is -2.36. The number of fused-ring (bicyclic) bond motifs is 1. The zero-order valence-electron chi connectivity index (χ0n) is 10.6. The number of carboxylic acid groups (broad SMARTS) is 1. The number of aliphatic carboxylic acids is 1. The van der Waals surface area contributed by atoms with E-state index in [0.717, 1.165) is 42.5 Å². The Hall–Kier alpha value is -2.10. The third-order valence-electron chi connectivity index (χ3n) is 3.80. The highest BCUT2D eigenvalue weighted by atomic mass is 16.4. The Kier molecular flexibility index (Phi) is 3.07. The second-order valence-electron chi connectivity index (χ2n) is 4.98. The van der Waals surface area contributed by atoms with Gasteiger partial charge in [0, 0.05) is 30.4 Å². The molecular weight excluding hydrogens is 240 g/mol. The van der Waals surface area contributed by atoms with Gasteiger partial charge in [-0.25, -0.2) is 0 Å². The maximum absolute atomic E-state index is 10.9. The van der Waals surface area contributed by atoms with Gasteiger partial charge in [-0.3, -0.25) is 9.78 Å². The van der Waals surface area contributed by atoms with Crippen LogP contribution in [0.3, 0.4) is 0 Å². The van der Waals surface area contributed by atoms with Crippen molar-refractivity contribution in [1.82, 2.24) is 4.98 Å². The first-order valence-corrected chi connectivity index (χ1v) is 6.56. The predicted octanol–water partition coefficient (Wildman–Crippen LogP) is 2.54. The molecule has 0 spiro atoms. The molecule has 0 saturated carbocycles. The molecule has 0 bridgehead atoms. The van der Waals surface area contributed by atoms with Crippen LogP contribution in [-0.4, -0.2) is 29.1 Å². The summed E-state index contributed by atoms with van der Waals surface area (Å²) in [6.45, 7) is 1.62. The van der Waals surface area contributed by atoms with E-state index in [1.54, 1.807) is 6.20 Å². The van der Waals surface area contributed by atoms with Gasteiger partial charge in [-0.1, -0.05) is 6.07 Å². The Balaban J connectivity index is 1.80. The van der Waals surface area contributed by atoms with Crippen LogP contribution in [0.15, 0.2) is 36.5 Å². The van der Waals surface area contributed by atoms with Gasteiger partial charge in [-0.2, -0.15) is 0 Å². The zero-order valence-corrected chi connectivity index (χ0v) is 10.6. The van der Waals surface area contributed by atoms with Crippen LogP contribution in [0.1, 0.15) is 12.8 Å². The van der Waals surface area contributed by atoms with Gasteiger partial charge in [-0.15, -0.1) is 0 Å². The molecule has 1 aromatic heterocycles. The van der Waals surface area contributed by atoms with E-state index in [9.17, 15) is 4.79 Å². The smallest absolute Gasteiger partial charge is 0.306 e. The van der Waals surface area contributed by atoms with Gasteiger partial charge in [0.1, 0.15) is 0 Å². The number of carboxylic acids is 1. The first kappa shape index (κ1) is 12.0. The second kappa shape index (κ2) is 4.88. The summed E-state index contributed by atoms with van der Waals surface area (Å²) in [5.74, 6) is -0.847. The van der Waals surface area contributed by atoms with E-state index in [4.69, 9.17) is 5.11 Å². The van der Waals surface area contributed by atoms with Crippen molar-refractivity contribution in [1.29, 1.82) is 0 Å². The highest BCUT2D eigenvalue weighted by Gasteiger charge is 2.24. The molecule has 1 aliphatic rings. The second-order valence-corrected chi connectivity index (χ2v) is 4.98. The summed E-state index contributed by atoms with van der Waals surface area (Å²) >= 11 is 0. The van der Waals surface area contributed by atoms with Gasteiger partial charge >= 0.3 is 5.97 Å². The monoisotopic (exact) mass is 256 g/mol. The summed E-state index contributed by atoms with van der Waals surface area (Å²) in [7, 11) is 0. The Morgan fingerprint density at radius 1 is 1.26 bits per heavy atom. The Labute approximate surface area is 111 Å². The highest BCUT2D eigenvalue weighted by molar-refractivity contribution is 5.82. The number of nitrogens with zero attached hydrogens (tertiary/aromatic N) is 2. The Morgan fingerprint density at radius 2 is 2.05 bits per heavy atom. The number of piperidine rings is 1. The molecule has 1 aromatic carbocycles. The number of benzene rings is 1. The lowest BCUT2D eigenvalue weighted by Gasteiger charge is -2.32. The number of anilines is 1. The van der Waals surface area contributed by atoms with Gasteiger partial charge in [0.25, 0.3) is 0 Å². The molecule has 3 rings (SSSR count). The van der Waals surface area contributed by atoms with Crippen LogP contribution in [0.25, 0.3) is 10.9 Å². The number of hydrogen-bond donors (Lipinski definition) is 1. The third kappa shape index (κ3) is 2.38. The molecule has 98 valence electrons. The van der Waals surface area contributed by atoms with E-state index in [0.29, 0.717) is 0 Å². The van der Waals surface area contributed by atoms with Crippen LogP contribution in [0, 0.1) is 5.92 Å². The van der Waals surface area contributed by atoms with Crippen LogP contribution >= 0.6 is 0 Å². The molecule has 0 amide bonds. The summed E-state index contributed by atoms with van der Waals surface area (Å²) in [4.78, 5) is 17.5. The van der Waals surface area contributed by atoms with Gasteiger partial charge in [0.05, 0.1) is 11.4 Å². The summed E-state index contributed by atoms with van der Waals surface area (Å²) in [5, 5.41) is 10.1. The van der Waals surface area contributed by atoms with Crippen molar-refractivity contribution >= 4 is 22.6 Å². The van der Waals surface area contributed by atoms with Crippen LogP contribution < -0.4 is 4.90 Å². The fourth-order valence-electron chi connectivity index (χ4n) is 2.64. The van der Waals surface area contributed by atoms with E-state index in [2.05, 4.69) is 28.1 Å². The standard InChI is InChI=1S/C15H16N2O2/c18-15(19)11-5-8-17(9-6-11)13-3-4-14-12(10-13)2-1-7-16-14/h1-4,7,10-11H,5-6,8-9H2,(H,18,19). The molecule has 0 unspecified atom stereocenters. The molecule has 4 nitrogen and oxygen atoms in total. The Bertz CT molecular complexity index is 604. The average Bonchev–Trinajstić information content (AvgIpc) is 2.47. The molecule has 19 heavy (non-hydrogen) atoms. The summed E-state index contributed by atoms with van der Waals surface area (Å²) in [6.07, 6.45) is 3.24. The minimum Gasteiger partial charge on any atom is -0.481 e. The van der Waals surface area contributed by atoms with Gasteiger partial charge < -0.3 is 10.0 Å². The molecule has 1 saturated heterocycles. The minimum atomic E-state index is -0.664. The van der Waals surface area contributed by atoms with Crippen LogP contribution in [0.2, 0.25) is 0 Å². The van der Waals surface area contributed by atoms with Crippen molar-refractivity contribution in [2.75, 3.05) is 18.0 Å². The largest absolute Gasteiger partial charge is 0.481 e. The molecule has 0 radical (unpaired) electrons. The summed E-state index contributed by atoms with van der Waals surface area (Å²) < 4.78 is 0. The van der Waals surface area contributed by atoms with Crippen LogP contribution in [0.4, 0.5) is 5.69 Å².